The molecule has 4 nitrogen and oxygen atoms in total. The van der Waals surface area contributed by atoms with E-state index in [2.05, 4.69) is 9.97 Å². The fraction of sp³-hybridized carbons (Fsp3) is 0.167. The van der Waals surface area contributed by atoms with E-state index in [4.69, 9.17) is 5.11 Å². The number of rotatable bonds is 4. The highest BCUT2D eigenvalue weighted by molar-refractivity contribution is 7.99. The van der Waals surface area contributed by atoms with Gasteiger partial charge >= 0.3 is 12.1 Å². The van der Waals surface area contributed by atoms with E-state index in [-0.39, 0.29) is 5.75 Å². The zero-order valence-electron chi connectivity index (χ0n) is 9.94. The molecule has 2 rings (SSSR count). The largest absolute Gasteiger partial charge is 0.481 e. The molecule has 0 fully saturated rings. The smallest absolute Gasteiger partial charge is 0.416 e. The molecule has 0 bridgehead atoms. The van der Waals surface area contributed by atoms with Gasteiger partial charge in [0.1, 0.15) is 0 Å². The van der Waals surface area contributed by atoms with Crippen molar-refractivity contribution in [2.24, 2.45) is 0 Å². The van der Waals surface area contributed by atoms with Gasteiger partial charge in [-0.3, -0.25) is 4.79 Å². The lowest BCUT2D eigenvalue weighted by Gasteiger charge is -2.06. The van der Waals surface area contributed by atoms with Crippen molar-refractivity contribution in [1.29, 1.82) is 0 Å². The molecule has 2 N–H and O–H groups in total. The van der Waals surface area contributed by atoms with Crippen molar-refractivity contribution in [3.05, 3.63) is 36.0 Å². The Kier molecular flexibility index (Phi) is 4.03. The van der Waals surface area contributed by atoms with Gasteiger partial charge in [-0.1, -0.05) is 23.9 Å². The number of carbonyl (C=O) groups is 1. The van der Waals surface area contributed by atoms with Crippen LogP contribution >= 0.6 is 11.8 Å². The lowest BCUT2D eigenvalue weighted by Crippen LogP contribution is -2.03. The first-order valence-corrected chi connectivity index (χ1v) is 6.42. The molecule has 0 aliphatic heterocycles. The van der Waals surface area contributed by atoms with Gasteiger partial charge in [-0.15, -0.1) is 0 Å². The monoisotopic (exact) mass is 302 g/mol. The minimum Gasteiger partial charge on any atom is -0.481 e. The molecule has 0 saturated heterocycles. The number of hydrogen-bond donors (Lipinski definition) is 2. The Morgan fingerprint density at radius 1 is 1.30 bits per heavy atom. The van der Waals surface area contributed by atoms with E-state index < -0.39 is 17.7 Å². The SMILES string of the molecule is O=C(O)CSc1ncc(-c2ccc(C(F)(F)F)cc2)[nH]1. The molecule has 0 spiro atoms. The van der Waals surface area contributed by atoms with Crippen LogP contribution in [0.2, 0.25) is 0 Å². The normalized spacial score (nSPS) is 11.6. The van der Waals surface area contributed by atoms with Crippen molar-refractivity contribution in [3.8, 4) is 11.3 Å². The zero-order valence-corrected chi connectivity index (χ0v) is 10.8. The summed E-state index contributed by atoms with van der Waals surface area (Å²) >= 11 is 1.01. The first-order chi connectivity index (χ1) is 9.36. The second kappa shape index (κ2) is 5.58. The van der Waals surface area contributed by atoms with Crippen LogP contribution in [-0.2, 0) is 11.0 Å². The molecule has 0 atom stereocenters. The van der Waals surface area contributed by atoms with E-state index in [9.17, 15) is 18.0 Å². The summed E-state index contributed by atoms with van der Waals surface area (Å²) < 4.78 is 37.3. The van der Waals surface area contributed by atoms with Crippen LogP contribution in [0.5, 0.6) is 0 Å². The van der Waals surface area contributed by atoms with Gasteiger partial charge in [-0.05, 0) is 17.7 Å². The van der Waals surface area contributed by atoms with E-state index in [0.29, 0.717) is 16.4 Å². The van der Waals surface area contributed by atoms with Gasteiger partial charge < -0.3 is 10.1 Å². The maximum absolute atomic E-state index is 12.4. The first kappa shape index (κ1) is 14.4. The van der Waals surface area contributed by atoms with Gasteiger partial charge in [-0.25, -0.2) is 4.98 Å². The highest BCUT2D eigenvalue weighted by Gasteiger charge is 2.30. The second-order valence-corrected chi connectivity index (χ2v) is 4.82. The van der Waals surface area contributed by atoms with Gasteiger partial charge in [0.05, 0.1) is 23.2 Å². The maximum Gasteiger partial charge on any atom is 0.416 e. The van der Waals surface area contributed by atoms with Crippen molar-refractivity contribution in [2.45, 2.75) is 11.3 Å². The summed E-state index contributed by atoms with van der Waals surface area (Å²) in [5, 5.41) is 8.94. The number of nitrogens with one attached hydrogen (secondary N) is 1. The van der Waals surface area contributed by atoms with Crippen molar-refractivity contribution in [3.63, 3.8) is 0 Å². The van der Waals surface area contributed by atoms with Gasteiger partial charge in [0.25, 0.3) is 0 Å². The van der Waals surface area contributed by atoms with Crippen LogP contribution in [-0.4, -0.2) is 26.8 Å². The Balaban J connectivity index is 2.14. The lowest BCUT2D eigenvalue weighted by molar-refractivity contribution is -0.137. The van der Waals surface area contributed by atoms with Gasteiger partial charge in [0.2, 0.25) is 0 Å². The summed E-state index contributed by atoms with van der Waals surface area (Å²) in [6, 6.07) is 4.64. The predicted octanol–water partition coefficient (Wildman–Crippen LogP) is 3.27. The Hall–Kier alpha value is -1.96. The topological polar surface area (TPSA) is 66.0 Å². The van der Waals surface area contributed by atoms with Crippen LogP contribution < -0.4 is 0 Å². The molecule has 0 saturated carbocycles. The number of alkyl halides is 3. The van der Waals surface area contributed by atoms with Crippen LogP contribution in [0.15, 0.2) is 35.6 Å². The first-order valence-electron chi connectivity index (χ1n) is 5.43. The molecular weight excluding hydrogens is 293 g/mol. The van der Waals surface area contributed by atoms with Crippen LogP contribution in [0, 0.1) is 0 Å². The average Bonchev–Trinajstić information content (AvgIpc) is 2.84. The molecule has 20 heavy (non-hydrogen) atoms. The number of benzene rings is 1. The number of aromatic nitrogens is 2. The Morgan fingerprint density at radius 3 is 2.50 bits per heavy atom. The molecule has 0 aliphatic rings. The van der Waals surface area contributed by atoms with Crippen molar-refractivity contribution >= 4 is 17.7 Å². The van der Waals surface area contributed by atoms with E-state index in [1.165, 1.54) is 18.3 Å². The minimum atomic E-state index is -4.37. The molecule has 2 aromatic rings. The molecular formula is C12H9F3N2O2S. The van der Waals surface area contributed by atoms with E-state index in [1.54, 1.807) is 0 Å². The van der Waals surface area contributed by atoms with Crippen LogP contribution in [0.4, 0.5) is 13.2 Å². The maximum atomic E-state index is 12.4. The molecule has 0 unspecified atom stereocenters. The predicted molar refractivity (Wildman–Crippen MR) is 67.4 cm³/mol. The van der Waals surface area contributed by atoms with Crippen molar-refractivity contribution in [1.82, 2.24) is 9.97 Å². The standard InChI is InChI=1S/C12H9F3N2O2S/c13-12(14,15)8-3-1-7(2-4-8)9-5-16-11(17-9)20-6-10(18)19/h1-5H,6H2,(H,16,17)(H,18,19). The number of aromatic amines is 1. The van der Waals surface area contributed by atoms with Crippen LogP contribution in [0.1, 0.15) is 5.56 Å². The third kappa shape index (κ3) is 3.53. The number of aliphatic carboxylic acids is 1. The summed E-state index contributed by atoms with van der Waals surface area (Å²) in [5.41, 5.74) is 0.362. The molecule has 106 valence electrons. The number of carboxylic acids is 1. The molecule has 0 aliphatic carbocycles. The number of H-pyrrole nitrogens is 1. The van der Waals surface area contributed by atoms with Crippen LogP contribution in [0.3, 0.4) is 0 Å². The zero-order chi connectivity index (χ0) is 14.8. The highest BCUT2D eigenvalue weighted by atomic mass is 32.2. The Labute approximate surface area is 116 Å². The third-order valence-corrected chi connectivity index (χ3v) is 3.28. The molecule has 1 heterocycles. The summed E-state index contributed by atoms with van der Waals surface area (Å²) in [5.74, 6) is -1.11. The fourth-order valence-electron chi connectivity index (χ4n) is 1.49. The van der Waals surface area contributed by atoms with E-state index >= 15 is 0 Å². The minimum absolute atomic E-state index is 0.139. The van der Waals surface area contributed by atoms with Gasteiger partial charge in [0.15, 0.2) is 5.16 Å². The summed E-state index contributed by atoms with van der Waals surface area (Å²) in [6.45, 7) is 0. The number of nitrogens with zero attached hydrogens (tertiary/aromatic N) is 1. The molecule has 8 heteroatoms. The molecule has 1 aromatic carbocycles. The van der Waals surface area contributed by atoms with E-state index in [1.807, 2.05) is 0 Å². The second-order valence-electron chi connectivity index (χ2n) is 3.86. The van der Waals surface area contributed by atoms with Gasteiger partial charge in [0, 0.05) is 0 Å². The van der Waals surface area contributed by atoms with E-state index in [0.717, 1.165) is 23.9 Å². The number of carboxylic acid groups (broad SMARTS) is 1. The molecule has 1 aromatic heterocycles. The summed E-state index contributed by atoms with van der Waals surface area (Å²) in [7, 11) is 0. The molecule has 0 amide bonds. The van der Waals surface area contributed by atoms with Crippen LogP contribution in [0.25, 0.3) is 11.3 Å². The fourth-order valence-corrected chi connectivity index (χ4v) is 2.06. The summed E-state index contributed by atoms with van der Waals surface area (Å²) in [6.07, 6.45) is -2.91. The average molecular weight is 302 g/mol. The quantitative estimate of drug-likeness (QED) is 0.851. The highest BCUT2D eigenvalue weighted by Crippen LogP contribution is 2.30. The Morgan fingerprint density at radius 2 is 1.95 bits per heavy atom. The Bertz CT molecular complexity index is 608. The number of halogens is 3. The lowest BCUT2D eigenvalue weighted by atomic mass is 10.1. The third-order valence-electron chi connectivity index (χ3n) is 2.41. The summed E-state index contributed by atoms with van der Waals surface area (Å²) in [4.78, 5) is 17.2. The number of imidazole rings is 1. The number of thioether (sulfide) groups is 1. The van der Waals surface area contributed by atoms with Crippen molar-refractivity contribution in [2.75, 3.05) is 5.75 Å². The molecule has 0 radical (unpaired) electrons. The van der Waals surface area contributed by atoms with Crippen molar-refractivity contribution < 1.29 is 23.1 Å². The number of hydrogen-bond acceptors (Lipinski definition) is 3. The van der Waals surface area contributed by atoms with Gasteiger partial charge in [-0.2, -0.15) is 13.2 Å².